The lowest BCUT2D eigenvalue weighted by Gasteiger charge is -2.14. The van der Waals surface area contributed by atoms with Crippen LogP contribution in [-0.4, -0.2) is 30.1 Å². The van der Waals surface area contributed by atoms with Crippen LogP contribution in [0.4, 0.5) is 14.9 Å². The number of esters is 1. The van der Waals surface area contributed by atoms with Crippen LogP contribution in [0.15, 0.2) is 48.5 Å². The number of hydrogen-bond acceptors (Lipinski definition) is 4. The Morgan fingerprint density at radius 3 is 2.17 bits per heavy atom. The van der Waals surface area contributed by atoms with Crippen LogP contribution < -0.4 is 16.0 Å². The largest absolute Gasteiger partial charge is 0.449 e. The van der Waals surface area contributed by atoms with Crippen molar-refractivity contribution >= 4 is 23.6 Å². The van der Waals surface area contributed by atoms with E-state index in [1.165, 1.54) is 31.2 Å². The maximum atomic E-state index is 12.9. The molecule has 2 rings (SSSR count). The Hall–Kier alpha value is -3.42. The van der Waals surface area contributed by atoms with E-state index < -0.39 is 23.8 Å². The summed E-state index contributed by atoms with van der Waals surface area (Å²) in [6, 6.07) is 11.5. The zero-order valence-corrected chi connectivity index (χ0v) is 16.5. The predicted octanol–water partition coefficient (Wildman–Crippen LogP) is 3.22. The second-order valence-electron chi connectivity index (χ2n) is 6.72. The second kappa shape index (κ2) is 10.2. The smallest absolute Gasteiger partial charge is 0.338 e. The summed E-state index contributed by atoms with van der Waals surface area (Å²) in [6.07, 6.45) is -1.03. The number of nitrogens with one attached hydrogen (secondary N) is 3. The van der Waals surface area contributed by atoms with Gasteiger partial charge < -0.3 is 20.7 Å². The van der Waals surface area contributed by atoms with Crippen LogP contribution in [0.25, 0.3) is 0 Å². The van der Waals surface area contributed by atoms with Crippen molar-refractivity contribution in [1.82, 2.24) is 10.6 Å². The van der Waals surface area contributed by atoms with Crippen molar-refractivity contribution in [2.75, 3.05) is 5.32 Å². The first kappa shape index (κ1) is 21.9. The van der Waals surface area contributed by atoms with E-state index in [0.29, 0.717) is 12.2 Å². The zero-order valence-electron chi connectivity index (χ0n) is 16.5. The Balaban J connectivity index is 1.85. The topological polar surface area (TPSA) is 96.5 Å². The summed E-state index contributed by atoms with van der Waals surface area (Å²) in [6.45, 7) is 5.48. The van der Waals surface area contributed by atoms with Gasteiger partial charge in [0.05, 0.1) is 5.56 Å². The van der Waals surface area contributed by atoms with Crippen LogP contribution in [-0.2, 0) is 16.1 Å². The summed E-state index contributed by atoms with van der Waals surface area (Å²) < 4.78 is 18.1. The number of anilines is 1. The minimum atomic E-state index is -1.03. The zero-order chi connectivity index (χ0) is 21.4. The fourth-order valence-corrected chi connectivity index (χ4v) is 2.31. The number of urea groups is 1. The van der Waals surface area contributed by atoms with Gasteiger partial charge in [-0.05, 0) is 62.7 Å². The molecule has 0 spiro atoms. The third-order valence-corrected chi connectivity index (χ3v) is 3.83. The summed E-state index contributed by atoms with van der Waals surface area (Å²) >= 11 is 0. The minimum absolute atomic E-state index is 0.0365. The molecule has 0 fully saturated rings. The van der Waals surface area contributed by atoms with Crippen molar-refractivity contribution < 1.29 is 23.5 Å². The van der Waals surface area contributed by atoms with Gasteiger partial charge in [-0.15, -0.1) is 0 Å². The molecule has 0 heterocycles. The van der Waals surface area contributed by atoms with E-state index in [0.717, 1.165) is 5.56 Å². The van der Waals surface area contributed by atoms with Crippen molar-refractivity contribution in [3.8, 4) is 0 Å². The highest BCUT2D eigenvalue weighted by molar-refractivity contribution is 5.97. The highest BCUT2D eigenvalue weighted by atomic mass is 19.1. The Labute approximate surface area is 168 Å². The van der Waals surface area contributed by atoms with Gasteiger partial charge >= 0.3 is 12.0 Å². The molecule has 0 aromatic heterocycles. The molecule has 8 heteroatoms. The highest BCUT2D eigenvalue weighted by Gasteiger charge is 2.19. The first-order chi connectivity index (χ1) is 13.7. The fraction of sp³-hybridized carbons (Fsp3) is 0.286. The van der Waals surface area contributed by atoms with Crippen LogP contribution in [0.1, 0.15) is 36.7 Å². The van der Waals surface area contributed by atoms with Crippen LogP contribution >= 0.6 is 0 Å². The normalized spacial score (nSPS) is 11.5. The van der Waals surface area contributed by atoms with Gasteiger partial charge in [-0.3, -0.25) is 4.79 Å². The SMILES string of the molecule is CC(C)NC(=O)NCc1ccc(C(=O)O[C@@H](C)C(=O)Nc2ccc(F)cc2)cc1. The number of carbonyl (C=O) groups excluding carboxylic acids is 3. The van der Waals surface area contributed by atoms with Gasteiger partial charge in [0, 0.05) is 18.3 Å². The number of hydrogen-bond donors (Lipinski definition) is 3. The average molecular weight is 401 g/mol. The molecule has 29 heavy (non-hydrogen) atoms. The molecule has 1 atom stereocenters. The average Bonchev–Trinajstić information content (AvgIpc) is 2.68. The number of rotatable bonds is 7. The molecule has 0 aliphatic rings. The number of amides is 3. The van der Waals surface area contributed by atoms with E-state index in [1.54, 1.807) is 24.3 Å². The van der Waals surface area contributed by atoms with Crippen LogP contribution in [0.5, 0.6) is 0 Å². The van der Waals surface area contributed by atoms with Crippen molar-refractivity contribution in [1.29, 1.82) is 0 Å². The van der Waals surface area contributed by atoms with Gasteiger partial charge in [-0.25, -0.2) is 14.0 Å². The van der Waals surface area contributed by atoms with Crippen molar-refractivity contribution in [3.63, 3.8) is 0 Å². The quantitative estimate of drug-likeness (QED) is 0.621. The molecule has 0 aliphatic heterocycles. The summed E-state index contributed by atoms with van der Waals surface area (Å²) in [7, 11) is 0. The standard InChI is InChI=1S/C21H24FN3O4/c1-13(2)24-21(28)23-12-15-4-6-16(7-5-15)20(27)29-14(3)19(26)25-18-10-8-17(22)9-11-18/h4-11,13-14H,12H2,1-3H3,(H,25,26)(H2,23,24,28)/t14-/m0/s1. The molecule has 0 radical (unpaired) electrons. The first-order valence-corrected chi connectivity index (χ1v) is 9.15. The lowest BCUT2D eigenvalue weighted by Crippen LogP contribution is -2.39. The predicted molar refractivity (Wildman–Crippen MR) is 107 cm³/mol. The van der Waals surface area contributed by atoms with Gasteiger partial charge in [0.25, 0.3) is 5.91 Å². The van der Waals surface area contributed by atoms with Gasteiger partial charge in [0.15, 0.2) is 6.10 Å². The molecule has 3 N–H and O–H groups in total. The van der Waals surface area contributed by atoms with E-state index in [-0.39, 0.29) is 17.6 Å². The number of carbonyl (C=O) groups is 3. The molecular formula is C21H24FN3O4. The third-order valence-electron chi connectivity index (χ3n) is 3.83. The number of benzene rings is 2. The van der Waals surface area contributed by atoms with E-state index in [2.05, 4.69) is 16.0 Å². The number of halogens is 1. The maximum absolute atomic E-state index is 12.9. The molecule has 2 aromatic carbocycles. The summed E-state index contributed by atoms with van der Waals surface area (Å²) in [5, 5.41) is 7.97. The number of ether oxygens (including phenoxy) is 1. The Morgan fingerprint density at radius 2 is 1.59 bits per heavy atom. The molecule has 3 amide bonds. The van der Waals surface area contributed by atoms with Crippen molar-refractivity contribution in [3.05, 3.63) is 65.5 Å². The van der Waals surface area contributed by atoms with E-state index in [9.17, 15) is 18.8 Å². The molecular weight excluding hydrogens is 377 g/mol. The molecule has 7 nitrogen and oxygen atoms in total. The van der Waals surface area contributed by atoms with E-state index >= 15 is 0 Å². The monoisotopic (exact) mass is 401 g/mol. The van der Waals surface area contributed by atoms with Gasteiger partial charge in [-0.1, -0.05) is 12.1 Å². The minimum Gasteiger partial charge on any atom is -0.449 e. The highest BCUT2D eigenvalue weighted by Crippen LogP contribution is 2.11. The Kier molecular flexibility index (Phi) is 7.70. The summed E-state index contributed by atoms with van der Waals surface area (Å²) in [5.74, 6) is -1.59. The van der Waals surface area contributed by atoms with E-state index in [1.807, 2.05) is 13.8 Å². The van der Waals surface area contributed by atoms with Crippen LogP contribution in [0.2, 0.25) is 0 Å². The van der Waals surface area contributed by atoms with Gasteiger partial charge in [0.2, 0.25) is 0 Å². The van der Waals surface area contributed by atoms with Crippen molar-refractivity contribution in [2.24, 2.45) is 0 Å². The summed E-state index contributed by atoms with van der Waals surface area (Å²) in [5.41, 5.74) is 1.49. The van der Waals surface area contributed by atoms with Crippen molar-refractivity contribution in [2.45, 2.75) is 39.5 Å². The molecule has 0 aliphatic carbocycles. The van der Waals surface area contributed by atoms with Gasteiger partial charge in [-0.2, -0.15) is 0 Å². The molecule has 154 valence electrons. The lowest BCUT2D eigenvalue weighted by molar-refractivity contribution is -0.123. The molecule has 0 saturated carbocycles. The first-order valence-electron chi connectivity index (χ1n) is 9.15. The van der Waals surface area contributed by atoms with Crippen LogP contribution in [0.3, 0.4) is 0 Å². The van der Waals surface area contributed by atoms with E-state index in [4.69, 9.17) is 4.74 Å². The molecule has 2 aromatic rings. The lowest BCUT2D eigenvalue weighted by atomic mass is 10.1. The maximum Gasteiger partial charge on any atom is 0.338 e. The fourth-order valence-electron chi connectivity index (χ4n) is 2.31. The second-order valence-corrected chi connectivity index (χ2v) is 6.72. The Morgan fingerprint density at radius 1 is 0.966 bits per heavy atom. The molecule has 0 bridgehead atoms. The Bertz CT molecular complexity index is 851. The van der Waals surface area contributed by atoms with Gasteiger partial charge in [0.1, 0.15) is 5.82 Å². The third kappa shape index (κ3) is 7.25. The molecule has 0 saturated heterocycles. The summed E-state index contributed by atoms with van der Waals surface area (Å²) in [4.78, 5) is 35.9. The van der Waals surface area contributed by atoms with Crippen LogP contribution in [0, 0.1) is 5.82 Å². The molecule has 0 unspecified atom stereocenters.